The number of carbonyl (C=O) groups excluding carboxylic acids is 1. The summed E-state index contributed by atoms with van der Waals surface area (Å²) in [6.45, 7) is 8.30. The van der Waals surface area contributed by atoms with E-state index in [1.54, 1.807) is 0 Å². The molecule has 0 aliphatic heterocycles. The van der Waals surface area contributed by atoms with Crippen molar-refractivity contribution in [2.24, 2.45) is 17.1 Å². The summed E-state index contributed by atoms with van der Waals surface area (Å²) >= 11 is 0. The van der Waals surface area contributed by atoms with Crippen molar-refractivity contribution in [3.05, 3.63) is 0 Å². The van der Waals surface area contributed by atoms with Gasteiger partial charge in [0.1, 0.15) is 0 Å². The van der Waals surface area contributed by atoms with Crippen LogP contribution in [0.3, 0.4) is 0 Å². The lowest BCUT2D eigenvalue weighted by Crippen LogP contribution is -2.43. The van der Waals surface area contributed by atoms with Crippen molar-refractivity contribution in [3.63, 3.8) is 0 Å². The second kappa shape index (κ2) is 7.36. The molecule has 0 heterocycles. The fourth-order valence-electron chi connectivity index (χ4n) is 1.85. The van der Waals surface area contributed by atoms with Gasteiger partial charge >= 0.3 is 5.97 Å². The van der Waals surface area contributed by atoms with Crippen LogP contribution in [-0.4, -0.2) is 29.6 Å². The fraction of sp³-hybridized carbons (Fsp3) is 0.846. The Bertz CT molecular complexity index is 284. The van der Waals surface area contributed by atoms with Crippen LogP contribution in [0.25, 0.3) is 0 Å². The SMILES string of the molecule is CCC(CC(=O)O)NC(=O)C(CN)CC(C)(C)C. The van der Waals surface area contributed by atoms with Gasteiger partial charge in [0.15, 0.2) is 0 Å². The summed E-state index contributed by atoms with van der Waals surface area (Å²) in [5.41, 5.74) is 5.65. The van der Waals surface area contributed by atoms with Crippen LogP contribution in [0, 0.1) is 11.3 Å². The van der Waals surface area contributed by atoms with Crippen LogP contribution in [0.2, 0.25) is 0 Å². The van der Waals surface area contributed by atoms with E-state index in [0.29, 0.717) is 12.8 Å². The van der Waals surface area contributed by atoms with Crippen LogP contribution >= 0.6 is 0 Å². The number of nitrogens with one attached hydrogen (secondary N) is 1. The highest BCUT2D eigenvalue weighted by Gasteiger charge is 2.25. The highest BCUT2D eigenvalue weighted by Crippen LogP contribution is 2.24. The van der Waals surface area contributed by atoms with E-state index in [1.165, 1.54) is 0 Å². The van der Waals surface area contributed by atoms with E-state index in [-0.39, 0.29) is 36.2 Å². The zero-order valence-electron chi connectivity index (χ0n) is 11.8. The normalized spacial score (nSPS) is 14.9. The maximum Gasteiger partial charge on any atom is 0.305 e. The first-order chi connectivity index (χ1) is 8.19. The molecule has 0 radical (unpaired) electrons. The third-order valence-corrected chi connectivity index (χ3v) is 2.77. The standard InChI is InChI=1S/C13H26N2O3/c1-5-10(6-11(16)17)15-12(18)9(8-14)7-13(2,3)4/h9-10H,5-8,14H2,1-4H3,(H,15,18)(H,16,17). The molecular formula is C13H26N2O3. The van der Waals surface area contributed by atoms with E-state index in [1.807, 2.05) is 6.92 Å². The monoisotopic (exact) mass is 258 g/mol. The Kier molecular flexibility index (Phi) is 6.91. The number of hydrogen-bond acceptors (Lipinski definition) is 3. The smallest absolute Gasteiger partial charge is 0.305 e. The minimum Gasteiger partial charge on any atom is -0.481 e. The van der Waals surface area contributed by atoms with E-state index < -0.39 is 5.97 Å². The Labute approximate surface area is 109 Å². The Morgan fingerprint density at radius 1 is 1.33 bits per heavy atom. The number of hydrogen-bond donors (Lipinski definition) is 3. The molecule has 0 aromatic carbocycles. The maximum absolute atomic E-state index is 12.0. The molecule has 5 heteroatoms. The molecule has 0 spiro atoms. The van der Waals surface area contributed by atoms with Gasteiger partial charge in [-0.25, -0.2) is 0 Å². The molecule has 0 rings (SSSR count). The van der Waals surface area contributed by atoms with Gasteiger partial charge in [0.25, 0.3) is 0 Å². The molecular weight excluding hydrogens is 232 g/mol. The number of aliphatic carboxylic acids is 1. The van der Waals surface area contributed by atoms with Crippen LogP contribution < -0.4 is 11.1 Å². The van der Waals surface area contributed by atoms with Gasteiger partial charge in [-0.1, -0.05) is 27.7 Å². The molecule has 0 aromatic rings. The van der Waals surface area contributed by atoms with Crippen LogP contribution in [0.15, 0.2) is 0 Å². The largest absolute Gasteiger partial charge is 0.481 e. The lowest BCUT2D eigenvalue weighted by Gasteiger charge is -2.26. The molecule has 4 N–H and O–H groups in total. The van der Waals surface area contributed by atoms with Gasteiger partial charge < -0.3 is 16.2 Å². The summed E-state index contributed by atoms with van der Waals surface area (Å²) in [6, 6.07) is -0.316. The Hall–Kier alpha value is -1.10. The Morgan fingerprint density at radius 3 is 2.22 bits per heavy atom. The molecule has 0 fully saturated rings. The van der Waals surface area contributed by atoms with Gasteiger partial charge in [-0.05, 0) is 18.3 Å². The van der Waals surface area contributed by atoms with Crippen LogP contribution in [0.5, 0.6) is 0 Å². The predicted molar refractivity (Wildman–Crippen MR) is 71.1 cm³/mol. The van der Waals surface area contributed by atoms with E-state index in [9.17, 15) is 9.59 Å². The average Bonchev–Trinajstić information content (AvgIpc) is 2.22. The molecule has 0 aliphatic rings. The maximum atomic E-state index is 12.0. The molecule has 0 bridgehead atoms. The van der Waals surface area contributed by atoms with E-state index >= 15 is 0 Å². The molecule has 5 nitrogen and oxygen atoms in total. The molecule has 106 valence electrons. The fourth-order valence-corrected chi connectivity index (χ4v) is 1.85. The minimum atomic E-state index is -0.901. The molecule has 1 amide bonds. The van der Waals surface area contributed by atoms with Gasteiger partial charge in [0.2, 0.25) is 5.91 Å². The first-order valence-corrected chi connectivity index (χ1v) is 6.41. The quantitative estimate of drug-likeness (QED) is 0.643. The highest BCUT2D eigenvalue weighted by atomic mass is 16.4. The van der Waals surface area contributed by atoms with Gasteiger partial charge in [0.05, 0.1) is 12.3 Å². The molecule has 2 atom stereocenters. The third kappa shape index (κ3) is 7.27. The summed E-state index contributed by atoms with van der Waals surface area (Å²) in [6.07, 6.45) is 1.25. The van der Waals surface area contributed by atoms with Crippen molar-refractivity contribution < 1.29 is 14.7 Å². The summed E-state index contributed by atoms with van der Waals surface area (Å²) in [7, 11) is 0. The van der Waals surface area contributed by atoms with Crippen molar-refractivity contribution in [1.82, 2.24) is 5.32 Å². The zero-order chi connectivity index (χ0) is 14.3. The van der Waals surface area contributed by atoms with Gasteiger partial charge in [-0.3, -0.25) is 9.59 Å². The first-order valence-electron chi connectivity index (χ1n) is 6.41. The number of nitrogens with two attached hydrogens (primary N) is 1. The predicted octanol–water partition coefficient (Wildman–Crippen LogP) is 1.37. The Morgan fingerprint density at radius 2 is 1.89 bits per heavy atom. The average molecular weight is 258 g/mol. The number of amides is 1. The van der Waals surface area contributed by atoms with Crippen molar-refractivity contribution in [2.75, 3.05) is 6.54 Å². The second-order valence-electron chi connectivity index (χ2n) is 5.91. The number of carboxylic acids is 1. The molecule has 0 aromatic heterocycles. The zero-order valence-corrected chi connectivity index (χ0v) is 11.8. The molecule has 0 saturated heterocycles. The second-order valence-corrected chi connectivity index (χ2v) is 5.91. The number of carbonyl (C=O) groups is 2. The highest BCUT2D eigenvalue weighted by molar-refractivity contribution is 5.80. The third-order valence-electron chi connectivity index (χ3n) is 2.77. The lowest BCUT2D eigenvalue weighted by molar-refractivity contribution is -0.137. The molecule has 0 saturated carbocycles. The molecule has 18 heavy (non-hydrogen) atoms. The van der Waals surface area contributed by atoms with Gasteiger partial charge in [-0.2, -0.15) is 0 Å². The molecule has 0 aliphatic carbocycles. The minimum absolute atomic E-state index is 0.0237. The van der Waals surface area contributed by atoms with Crippen molar-refractivity contribution in [2.45, 2.75) is 53.0 Å². The molecule has 2 unspecified atom stereocenters. The number of rotatable bonds is 7. The summed E-state index contributed by atoms with van der Waals surface area (Å²) in [5.74, 6) is -1.30. The van der Waals surface area contributed by atoms with Crippen LogP contribution in [-0.2, 0) is 9.59 Å². The van der Waals surface area contributed by atoms with Crippen LogP contribution in [0.1, 0.15) is 47.0 Å². The topological polar surface area (TPSA) is 92.4 Å². The first kappa shape index (κ1) is 16.9. The lowest BCUT2D eigenvalue weighted by atomic mass is 9.84. The van der Waals surface area contributed by atoms with Crippen LogP contribution in [0.4, 0.5) is 0 Å². The summed E-state index contributed by atoms with van der Waals surface area (Å²) in [4.78, 5) is 22.7. The van der Waals surface area contributed by atoms with Gasteiger partial charge in [0, 0.05) is 12.6 Å². The van der Waals surface area contributed by atoms with Crippen molar-refractivity contribution in [1.29, 1.82) is 0 Å². The van der Waals surface area contributed by atoms with E-state index in [0.717, 1.165) is 0 Å². The van der Waals surface area contributed by atoms with E-state index in [4.69, 9.17) is 10.8 Å². The van der Waals surface area contributed by atoms with Crippen molar-refractivity contribution in [3.8, 4) is 0 Å². The van der Waals surface area contributed by atoms with Gasteiger partial charge in [-0.15, -0.1) is 0 Å². The Balaban J connectivity index is 4.46. The summed E-state index contributed by atoms with van der Waals surface area (Å²) in [5, 5.41) is 11.5. The summed E-state index contributed by atoms with van der Waals surface area (Å²) < 4.78 is 0. The van der Waals surface area contributed by atoms with Crippen molar-refractivity contribution >= 4 is 11.9 Å². The van der Waals surface area contributed by atoms with E-state index in [2.05, 4.69) is 26.1 Å². The number of carboxylic acid groups (broad SMARTS) is 1.